The van der Waals surface area contributed by atoms with Crippen LogP contribution >= 0.6 is 0 Å². The molecule has 0 radical (unpaired) electrons. The minimum absolute atomic E-state index is 0.0982. The Morgan fingerprint density at radius 2 is 1.55 bits per heavy atom. The molecule has 4 fully saturated rings. The average Bonchev–Trinajstić information content (AvgIpc) is 2.23. The molecule has 4 aliphatic carbocycles. The molecule has 0 amide bonds. The van der Waals surface area contributed by atoms with Crippen LogP contribution in [-0.4, -0.2) is 24.8 Å². The van der Waals surface area contributed by atoms with Gasteiger partial charge in [0.15, 0.2) is 0 Å². The zero-order valence-corrected chi connectivity index (χ0v) is 13.1. The molecule has 20 heavy (non-hydrogen) atoms. The number of rotatable bonds is 4. The molecule has 0 unspecified atom stereocenters. The van der Waals surface area contributed by atoms with Crippen molar-refractivity contribution in [3.05, 3.63) is 0 Å². The maximum Gasteiger partial charge on any atom is 0.332 e. The molecule has 0 aromatic carbocycles. The van der Waals surface area contributed by atoms with Gasteiger partial charge >= 0.3 is 5.97 Å². The standard InChI is InChI=1S/C17H28O3/c1-16(2,3)11-19-10-15(18)20-17-7-12-4-13(8-17)6-14(5-12)9-17/h12-14H,4-11H2,1-3H3. The van der Waals surface area contributed by atoms with Crippen LogP contribution in [0.4, 0.5) is 0 Å². The summed E-state index contributed by atoms with van der Waals surface area (Å²) in [6, 6.07) is 0. The van der Waals surface area contributed by atoms with E-state index in [0.717, 1.165) is 37.0 Å². The van der Waals surface area contributed by atoms with E-state index in [4.69, 9.17) is 9.47 Å². The molecular formula is C17H28O3. The van der Waals surface area contributed by atoms with Gasteiger partial charge in [-0.1, -0.05) is 20.8 Å². The van der Waals surface area contributed by atoms with Crippen LogP contribution in [0.5, 0.6) is 0 Å². The monoisotopic (exact) mass is 280 g/mol. The maximum atomic E-state index is 12.1. The van der Waals surface area contributed by atoms with Crippen LogP contribution in [0.25, 0.3) is 0 Å². The highest BCUT2D eigenvalue weighted by molar-refractivity contribution is 5.71. The number of carbonyl (C=O) groups excluding carboxylic acids is 1. The van der Waals surface area contributed by atoms with Crippen molar-refractivity contribution in [2.24, 2.45) is 23.2 Å². The molecule has 4 aliphatic rings. The van der Waals surface area contributed by atoms with Gasteiger partial charge in [-0.15, -0.1) is 0 Å². The van der Waals surface area contributed by atoms with Crippen molar-refractivity contribution < 1.29 is 14.3 Å². The first kappa shape index (κ1) is 14.4. The van der Waals surface area contributed by atoms with E-state index in [-0.39, 0.29) is 23.6 Å². The van der Waals surface area contributed by atoms with E-state index >= 15 is 0 Å². The van der Waals surface area contributed by atoms with E-state index in [1.807, 2.05) is 0 Å². The molecule has 0 atom stereocenters. The normalized spacial score (nSPS) is 39.0. The zero-order valence-electron chi connectivity index (χ0n) is 13.1. The lowest BCUT2D eigenvalue weighted by molar-refractivity contribution is -0.191. The van der Waals surface area contributed by atoms with Crippen LogP contribution in [0.3, 0.4) is 0 Å². The van der Waals surface area contributed by atoms with Gasteiger partial charge in [-0.3, -0.25) is 0 Å². The van der Waals surface area contributed by atoms with E-state index in [9.17, 15) is 4.79 Å². The lowest BCUT2D eigenvalue weighted by atomic mass is 9.54. The van der Waals surface area contributed by atoms with Crippen LogP contribution in [0, 0.1) is 23.2 Å². The van der Waals surface area contributed by atoms with Gasteiger partial charge in [0, 0.05) is 0 Å². The van der Waals surface area contributed by atoms with E-state index < -0.39 is 0 Å². The van der Waals surface area contributed by atoms with Gasteiger partial charge in [0.1, 0.15) is 12.2 Å². The molecule has 4 rings (SSSR count). The van der Waals surface area contributed by atoms with Crippen LogP contribution in [0.1, 0.15) is 59.3 Å². The minimum Gasteiger partial charge on any atom is -0.457 e. The van der Waals surface area contributed by atoms with E-state index in [0.29, 0.717) is 6.61 Å². The highest BCUT2D eigenvalue weighted by Gasteiger charge is 2.53. The first-order chi connectivity index (χ1) is 9.34. The summed E-state index contributed by atoms with van der Waals surface area (Å²) in [5, 5.41) is 0. The Morgan fingerprint density at radius 1 is 1.05 bits per heavy atom. The molecule has 3 nitrogen and oxygen atoms in total. The summed E-state index contributed by atoms with van der Waals surface area (Å²) in [7, 11) is 0. The molecule has 0 heterocycles. The lowest BCUT2D eigenvalue weighted by Crippen LogP contribution is -2.53. The van der Waals surface area contributed by atoms with Crippen molar-refractivity contribution in [1.82, 2.24) is 0 Å². The molecule has 0 saturated heterocycles. The third-order valence-corrected chi connectivity index (χ3v) is 5.07. The summed E-state index contributed by atoms with van der Waals surface area (Å²) < 4.78 is 11.4. The zero-order chi connectivity index (χ0) is 14.4. The summed E-state index contributed by atoms with van der Waals surface area (Å²) in [6.07, 6.45) is 7.42. The highest BCUT2D eigenvalue weighted by atomic mass is 16.6. The fourth-order valence-electron chi connectivity index (χ4n) is 4.87. The van der Waals surface area contributed by atoms with Crippen LogP contribution < -0.4 is 0 Å². The molecule has 3 heteroatoms. The Kier molecular flexibility index (Phi) is 3.60. The van der Waals surface area contributed by atoms with Gasteiger partial charge in [0.25, 0.3) is 0 Å². The quantitative estimate of drug-likeness (QED) is 0.739. The van der Waals surface area contributed by atoms with Crippen molar-refractivity contribution in [1.29, 1.82) is 0 Å². The summed E-state index contributed by atoms with van der Waals surface area (Å²) in [4.78, 5) is 12.1. The average molecular weight is 280 g/mol. The topological polar surface area (TPSA) is 35.5 Å². The predicted octanol–water partition coefficient (Wildman–Crippen LogP) is 3.56. The molecule has 0 aliphatic heterocycles. The Labute approximate surface area is 122 Å². The fraction of sp³-hybridized carbons (Fsp3) is 0.941. The molecule has 0 aromatic rings. The van der Waals surface area contributed by atoms with Gasteiger partial charge in [-0.25, -0.2) is 4.79 Å². The Hall–Kier alpha value is -0.570. The van der Waals surface area contributed by atoms with E-state index in [1.165, 1.54) is 19.3 Å². The Morgan fingerprint density at radius 3 is 2.00 bits per heavy atom. The van der Waals surface area contributed by atoms with Crippen molar-refractivity contribution in [2.75, 3.05) is 13.2 Å². The predicted molar refractivity (Wildman–Crippen MR) is 77.3 cm³/mol. The van der Waals surface area contributed by atoms with Gasteiger partial charge in [-0.2, -0.15) is 0 Å². The second-order valence-electron chi connectivity index (χ2n) is 8.63. The number of esters is 1. The maximum absolute atomic E-state index is 12.1. The molecular weight excluding hydrogens is 252 g/mol. The van der Waals surface area contributed by atoms with Crippen molar-refractivity contribution in [3.8, 4) is 0 Å². The summed E-state index contributed by atoms with van der Waals surface area (Å²) in [5.74, 6) is 2.27. The molecule has 4 saturated carbocycles. The Balaban J connectivity index is 1.51. The van der Waals surface area contributed by atoms with E-state index in [2.05, 4.69) is 20.8 Å². The molecule has 0 aromatic heterocycles. The van der Waals surface area contributed by atoms with Crippen molar-refractivity contribution in [3.63, 3.8) is 0 Å². The second-order valence-corrected chi connectivity index (χ2v) is 8.63. The largest absolute Gasteiger partial charge is 0.457 e. The third-order valence-electron chi connectivity index (χ3n) is 5.07. The molecule has 4 bridgehead atoms. The van der Waals surface area contributed by atoms with Gasteiger partial charge in [-0.05, 0) is 61.7 Å². The molecule has 0 spiro atoms. The number of ether oxygens (including phenoxy) is 2. The van der Waals surface area contributed by atoms with Gasteiger partial charge < -0.3 is 9.47 Å². The summed E-state index contributed by atoms with van der Waals surface area (Å²) in [6.45, 7) is 7.04. The Bertz CT molecular complexity index is 345. The van der Waals surface area contributed by atoms with Crippen LogP contribution in [0.15, 0.2) is 0 Å². The SMILES string of the molecule is CC(C)(C)COCC(=O)OC12CC3CC(CC(C3)C1)C2. The van der Waals surface area contributed by atoms with Gasteiger partial charge in [0.2, 0.25) is 0 Å². The number of carbonyl (C=O) groups is 1. The first-order valence-corrected chi connectivity index (χ1v) is 8.13. The fourth-order valence-corrected chi connectivity index (χ4v) is 4.87. The third kappa shape index (κ3) is 3.19. The smallest absolute Gasteiger partial charge is 0.332 e. The number of hydrogen-bond acceptors (Lipinski definition) is 3. The van der Waals surface area contributed by atoms with E-state index in [1.54, 1.807) is 0 Å². The highest BCUT2D eigenvalue weighted by Crippen LogP contribution is 2.57. The van der Waals surface area contributed by atoms with Crippen LogP contribution in [-0.2, 0) is 14.3 Å². The van der Waals surface area contributed by atoms with Crippen molar-refractivity contribution >= 4 is 5.97 Å². The second kappa shape index (κ2) is 5.01. The summed E-state index contributed by atoms with van der Waals surface area (Å²) in [5.41, 5.74) is -0.0299. The lowest BCUT2D eigenvalue weighted by Gasteiger charge is -2.55. The molecule has 114 valence electrons. The van der Waals surface area contributed by atoms with Gasteiger partial charge in [0.05, 0.1) is 6.61 Å². The summed E-state index contributed by atoms with van der Waals surface area (Å²) >= 11 is 0. The van der Waals surface area contributed by atoms with Crippen molar-refractivity contribution in [2.45, 2.75) is 64.9 Å². The first-order valence-electron chi connectivity index (χ1n) is 8.13. The minimum atomic E-state index is -0.156. The molecule has 0 N–H and O–H groups in total. The van der Waals surface area contributed by atoms with Crippen LogP contribution in [0.2, 0.25) is 0 Å². The number of hydrogen-bond donors (Lipinski definition) is 0.